The van der Waals surface area contributed by atoms with Crippen LogP contribution in [0.15, 0.2) is 23.1 Å². The molecule has 1 aliphatic heterocycles. The van der Waals surface area contributed by atoms with Crippen LogP contribution in [0.5, 0.6) is 0 Å². The summed E-state index contributed by atoms with van der Waals surface area (Å²) < 4.78 is 32.2. The number of hydroxylamine groups is 2. The number of rotatable bonds is 7. The highest BCUT2D eigenvalue weighted by Gasteiger charge is 2.26. The number of carbonyl (C=O) groups excluding carboxylic acids is 1. The summed E-state index contributed by atoms with van der Waals surface area (Å²) in [6.07, 6.45) is 0. The second-order valence-electron chi connectivity index (χ2n) is 5.34. The predicted molar refractivity (Wildman–Crippen MR) is 97.0 cm³/mol. The highest BCUT2D eigenvalue weighted by atomic mass is 35.5. The predicted octanol–water partition coefficient (Wildman–Crippen LogP) is 1.61. The summed E-state index contributed by atoms with van der Waals surface area (Å²) in [6, 6.07) is 4.53. The van der Waals surface area contributed by atoms with Crippen LogP contribution in [0.25, 0.3) is 0 Å². The van der Waals surface area contributed by atoms with Crippen LogP contribution >= 0.6 is 23.4 Å². The molecule has 1 saturated heterocycles. The molecule has 0 aromatic heterocycles. The molecule has 0 N–H and O–H groups in total. The van der Waals surface area contributed by atoms with Gasteiger partial charge in [0.25, 0.3) is 5.91 Å². The SMILES string of the molecule is CON(C)C(=O)COCc1cc(S(=O)(=O)N2CCSCC2)ccc1Cl. The van der Waals surface area contributed by atoms with Crippen molar-refractivity contribution in [3.8, 4) is 0 Å². The monoisotopic (exact) mass is 408 g/mol. The van der Waals surface area contributed by atoms with Crippen molar-refractivity contribution >= 4 is 39.3 Å². The molecule has 25 heavy (non-hydrogen) atoms. The molecule has 0 spiro atoms. The smallest absolute Gasteiger partial charge is 0.271 e. The zero-order valence-electron chi connectivity index (χ0n) is 14.1. The van der Waals surface area contributed by atoms with Crippen LogP contribution in [0.4, 0.5) is 0 Å². The third-order valence-corrected chi connectivity index (χ3v) is 6.94. The van der Waals surface area contributed by atoms with Crippen LogP contribution < -0.4 is 0 Å². The lowest BCUT2D eigenvalue weighted by molar-refractivity contribution is -0.173. The summed E-state index contributed by atoms with van der Waals surface area (Å²) in [4.78, 5) is 16.6. The molecular weight excluding hydrogens is 388 g/mol. The van der Waals surface area contributed by atoms with Crippen molar-refractivity contribution in [2.45, 2.75) is 11.5 Å². The Morgan fingerprint density at radius 2 is 2.04 bits per heavy atom. The van der Waals surface area contributed by atoms with Crippen molar-refractivity contribution in [2.24, 2.45) is 0 Å². The maximum Gasteiger partial charge on any atom is 0.271 e. The van der Waals surface area contributed by atoms with E-state index in [2.05, 4.69) is 0 Å². The molecule has 0 aliphatic carbocycles. The number of amides is 1. The van der Waals surface area contributed by atoms with Crippen LogP contribution in [0, 0.1) is 0 Å². The van der Waals surface area contributed by atoms with Crippen LogP contribution in [0.2, 0.25) is 5.02 Å². The highest BCUT2D eigenvalue weighted by Crippen LogP contribution is 2.25. The molecule has 10 heteroatoms. The van der Waals surface area contributed by atoms with Crippen molar-refractivity contribution in [2.75, 3.05) is 45.4 Å². The van der Waals surface area contributed by atoms with Crippen LogP contribution in [0.1, 0.15) is 5.56 Å². The molecule has 1 amide bonds. The molecule has 1 heterocycles. The first kappa shape index (κ1) is 20.5. The van der Waals surface area contributed by atoms with Gasteiger partial charge < -0.3 is 4.74 Å². The van der Waals surface area contributed by atoms with E-state index in [0.717, 1.165) is 16.6 Å². The van der Waals surface area contributed by atoms with Gasteiger partial charge in [-0.1, -0.05) is 11.6 Å². The molecule has 140 valence electrons. The average molecular weight is 409 g/mol. The van der Waals surface area contributed by atoms with Gasteiger partial charge in [-0.25, -0.2) is 13.5 Å². The Balaban J connectivity index is 2.08. The van der Waals surface area contributed by atoms with Crippen LogP contribution in [-0.2, 0) is 31.0 Å². The summed E-state index contributed by atoms with van der Waals surface area (Å²) in [7, 11) is -0.697. The Kier molecular flexibility index (Phi) is 7.53. The van der Waals surface area contributed by atoms with E-state index >= 15 is 0 Å². The summed E-state index contributed by atoms with van der Waals surface area (Å²) in [6.45, 7) is 0.834. The molecule has 0 atom stereocenters. The minimum absolute atomic E-state index is 0.0291. The fourth-order valence-electron chi connectivity index (χ4n) is 2.20. The second-order valence-corrected chi connectivity index (χ2v) is 8.91. The summed E-state index contributed by atoms with van der Waals surface area (Å²) in [5.41, 5.74) is 0.516. The lowest BCUT2D eigenvalue weighted by atomic mass is 10.2. The molecule has 7 nitrogen and oxygen atoms in total. The van der Waals surface area contributed by atoms with E-state index in [4.69, 9.17) is 21.2 Å². The molecule has 0 bridgehead atoms. The molecule has 1 aromatic carbocycles. The Labute approximate surface area is 157 Å². The van der Waals surface area contributed by atoms with E-state index in [1.807, 2.05) is 0 Å². The maximum atomic E-state index is 12.7. The minimum Gasteiger partial charge on any atom is -0.367 e. The number of carbonyl (C=O) groups is 1. The van der Waals surface area contributed by atoms with Crippen molar-refractivity contribution in [3.63, 3.8) is 0 Å². The number of benzene rings is 1. The Morgan fingerprint density at radius 3 is 2.68 bits per heavy atom. The van der Waals surface area contributed by atoms with Gasteiger partial charge in [-0.05, 0) is 23.8 Å². The van der Waals surface area contributed by atoms with Gasteiger partial charge in [-0.2, -0.15) is 16.1 Å². The van der Waals surface area contributed by atoms with Gasteiger partial charge in [0.2, 0.25) is 10.0 Å². The highest BCUT2D eigenvalue weighted by molar-refractivity contribution is 7.99. The first-order valence-corrected chi connectivity index (χ1v) is 10.6. The van der Waals surface area contributed by atoms with Crippen molar-refractivity contribution in [3.05, 3.63) is 28.8 Å². The number of ether oxygens (including phenoxy) is 1. The number of nitrogens with zero attached hydrogens (tertiary/aromatic N) is 2. The largest absolute Gasteiger partial charge is 0.367 e. The summed E-state index contributed by atoms with van der Waals surface area (Å²) in [5, 5.41) is 1.44. The van der Waals surface area contributed by atoms with Crippen LogP contribution in [0.3, 0.4) is 0 Å². The Hall–Kier alpha value is -0.840. The van der Waals surface area contributed by atoms with Gasteiger partial charge >= 0.3 is 0 Å². The van der Waals surface area contributed by atoms with Gasteiger partial charge in [0.05, 0.1) is 18.6 Å². The standard InChI is InChI=1S/C15H21ClN2O5S2/c1-17(22-2)15(19)11-23-10-12-9-13(3-4-14(12)16)25(20,21)18-5-7-24-8-6-18/h3-4,9H,5-8,10-11H2,1-2H3. The van der Waals surface area contributed by atoms with Gasteiger partial charge in [0, 0.05) is 36.7 Å². The second kappa shape index (κ2) is 9.20. The lowest BCUT2D eigenvalue weighted by Gasteiger charge is -2.25. The Morgan fingerprint density at radius 1 is 1.36 bits per heavy atom. The third kappa shape index (κ3) is 5.32. The van der Waals surface area contributed by atoms with E-state index in [1.165, 1.54) is 36.7 Å². The number of hydrogen-bond acceptors (Lipinski definition) is 6. The number of sulfonamides is 1. The van der Waals surface area contributed by atoms with Gasteiger partial charge in [-0.15, -0.1) is 0 Å². The normalized spacial score (nSPS) is 16.0. The summed E-state index contributed by atoms with van der Waals surface area (Å²) in [5.74, 6) is 1.23. The Bertz CT molecular complexity index is 708. The number of halogens is 1. The van der Waals surface area contributed by atoms with Crippen molar-refractivity contribution < 1.29 is 22.8 Å². The third-order valence-electron chi connectivity index (χ3n) is 3.73. The molecule has 1 aromatic rings. The van der Waals surface area contributed by atoms with E-state index in [0.29, 0.717) is 23.7 Å². The first-order valence-electron chi connectivity index (χ1n) is 7.61. The number of likely N-dealkylation sites (N-methyl/N-ethyl adjacent to an activating group) is 1. The van der Waals surface area contributed by atoms with E-state index in [-0.39, 0.29) is 24.0 Å². The van der Waals surface area contributed by atoms with Crippen molar-refractivity contribution in [1.29, 1.82) is 0 Å². The van der Waals surface area contributed by atoms with Gasteiger partial charge in [-0.3, -0.25) is 9.63 Å². The first-order chi connectivity index (χ1) is 11.9. The zero-order valence-corrected chi connectivity index (χ0v) is 16.5. The molecule has 0 radical (unpaired) electrons. The average Bonchev–Trinajstić information content (AvgIpc) is 2.63. The summed E-state index contributed by atoms with van der Waals surface area (Å²) >= 11 is 7.87. The van der Waals surface area contributed by atoms with Crippen LogP contribution in [-0.4, -0.2) is 69.1 Å². The fraction of sp³-hybridized carbons (Fsp3) is 0.533. The topological polar surface area (TPSA) is 76.1 Å². The van der Waals surface area contributed by atoms with Crippen molar-refractivity contribution in [1.82, 2.24) is 9.37 Å². The quantitative estimate of drug-likeness (QED) is 0.638. The van der Waals surface area contributed by atoms with E-state index in [1.54, 1.807) is 11.8 Å². The molecule has 1 aliphatic rings. The minimum atomic E-state index is -3.55. The number of hydrogen-bond donors (Lipinski definition) is 0. The molecular formula is C15H21ClN2O5S2. The fourth-order valence-corrected chi connectivity index (χ4v) is 5.00. The van der Waals surface area contributed by atoms with Gasteiger partial charge in [0.1, 0.15) is 6.61 Å². The molecule has 1 fully saturated rings. The lowest BCUT2D eigenvalue weighted by Crippen LogP contribution is -2.37. The van der Waals surface area contributed by atoms with Gasteiger partial charge in [0.15, 0.2) is 0 Å². The molecule has 0 unspecified atom stereocenters. The molecule has 2 rings (SSSR count). The maximum absolute atomic E-state index is 12.7. The zero-order chi connectivity index (χ0) is 18.4. The number of thioether (sulfide) groups is 1. The van der Waals surface area contributed by atoms with E-state index in [9.17, 15) is 13.2 Å². The van der Waals surface area contributed by atoms with E-state index < -0.39 is 10.0 Å². The molecule has 0 saturated carbocycles.